The number of piperidine rings is 1. The average molecular weight is 337 g/mol. The Kier molecular flexibility index (Phi) is 4.50. The fraction of sp³-hybridized carbons (Fsp3) is 0.350. The normalized spacial score (nSPS) is 16.7. The van der Waals surface area contributed by atoms with Crippen LogP contribution in [0.1, 0.15) is 29.9 Å². The lowest BCUT2D eigenvalue weighted by molar-refractivity contribution is 0.214. The Balaban J connectivity index is 1.32. The van der Waals surface area contributed by atoms with Crippen molar-refractivity contribution in [3.63, 3.8) is 0 Å². The molecule has 1 aliphatic rings. The molecule has 24 heavy (non-hydrogen) atoms. The first-order valence-electron chi connectivity index (χ1n) is 8.76. The van der Waals surface area contributed by atoms with Gasteiger partial charge in [-0.05, 0) is 73.7 Å². The van der Waals surface area contributed by atoms with Gasteiger partial charge in [0.2, 0.25) is 0 Å². The van der Waals surface area contributed by atoms with Crippen LogP contribution in [0.2, 0.25) is 0 Å². The third-order valence-corrected chi connectivity index (χ3v) is 5.36. The fourth-order valence-corrected chi connectivity index (χ4v) is 3.96. The van der Waals surface area contributed by atoms with Gasteiger partial charge in [-0.1, -0.05) is 36.4 Å². The second kappa shape index (κ2) is 6.91. The predicted octanol–water partition coefficient (Wildman–Crippen LogP) is 4.65. The number of aromatic amines is 2. The molecule has 1 aromatic heterocycles. The van der Waals surface area contributed by atoms with Crippen molar-refractivity contribution in [3.05, 3.63) is 64.4 Å². The lowest BCUT2D eigenvalue weighted by atomic mass is 9.89. The molecular formula is C20H23N3S. The summed E-state index contributed by atoms with van der Waals surface area (Å²) in [6.07, 6.45) is 3.64. The number of imidazole rings is 1. The van der Waals surface area contributed by atoms with E-state index in [9.17, 15) is 0 Å². The molecule has 4 rings (SSSR count). The van der Waals surface area contributed by atoms with Gasteiger partial charge in [0.25, 0.3) is 0 Å². The first kappa shape index (κ1) is 15.6. The van der Waals surface area contributed by atoms with E-state index in [1.165, 1.54) is 37.1 Å². The molecule has 2 heterocycles. The molecule has 0 bridgehead atoms. The summed E-state index contributed by atoms with van der Waals surface area (Å²) in [5, 5.41) is 0. The smallest absolute Gasteiger partial charge is 0.175 e. The van der Waals surface area contributed by atoms with Gasteiger partial charge in [-0.25, -0.2) is 0 Å². The van der Waals surface area contributed by atoms with E-state index in [1.807, 2.05) is 0 Å². The Bertz CT molecular complexity index is 857. The molecule has 2 N–H and O–H groups in total. The maximum absolute atomic E-state index is 5.16. The third kappa shape index (κ3) is 3.45. The van der Waals surface area contributed by atoms with Gasteiger partial charge in [0.05, 0.1) is 11.0 Å². The SMILES string of the molecule is S=c1[nH]c2ccc(CCN3CCC(c4ccccc4)CC3)cc2[nH]1. The largest absolute Gasteiger partial charge is 0.331 e. The number of nitrogens with zero attached hydrogens (tertiary/aromatic N) is 1. The number of hydrogen-bond acceptors (Lipinski definition) is 2. The number of aromatic nitrogens is 2. The fourth-order valence-electron chi connectivity index (χ4n) is 3.74. The average Bonchev–Trinajstić information content (AvgIpc) is 3.00. The number of likely N-dealkylation sites (tertiary alicyclic amines) is 1. The zero-order valence-corrected chi connectivity index (χ0v) is 14.6. The lowest BCUT2D eigenvalue weighted by Gasteiger charge is -2.32. The summed E-state index contributed by atoms with van der Waals surface area (Å²) in [5.74, 6) is 0.735. The minimum Gasteiger partial charge on any atom is -0.331 e. The van der Waals surface area contributed by atoms with E-state index in [-0.39, 0.29) is 0 Å². The van der Waals surface area contributed by atoms with Gasteiger partial charge in [-0.3, -0.25) is 0 Å². The van der Waals surface area contributed by atoms with Crippen molar-refractivity contribution in [3.8, 4) is 0 Å². The summed E-state index contributed by atoms with van der Waals surface area (Å²) in [6.45, 7) is 3.54. The molecule has 124 valence electrons. The molecule has 2 aromatic carbocycles. The summed E-state index contributed by atoms with van der Waals surface area (Å²) in [6, 6.07) is 17.5. The molecule has 1 saturated heterocycles. The first-order chi connectivity index (χ1) is 11.8. The lowest BCUT2D eigenvalue weighted by Crippen LogP contribution is -2.34. The topological polar surface area (TPSA) is 34.8 Å². The third-order valence-electron chi connectivity index (χ3n) is 5.16. The van der Waals surface area contributed by atoms with Crippen LogP contribution < -0.4 is 0 Å². The van der Waals surface area contributed by atoms with Crippen molar-refractivity contribution in [1.29, 1.82) is 0 Å². The van der Waals surface area contributed by atoms with E-state index in [2.05, 4.69) is 63.4 Å². The highest BCUT2D eigenvalue weighted by molar-refractivity contribution is 7.71. The van der Waals surface area contributed by atoms with Crippen molar-refractivity contribution in [2.24, 2.45) is 0 Å². The van der Waals surface area contributed by atoms with Crippen LogP contribution in [0.25, 0.3) is 11.0 Å². The van der Waals surface area contributed by atoms with Gasteiger partial charge >= 0.3 is 0 Å². The van der Waals surface area contributed by atoms with Crippen LogP contribution in [0.3, 0.4) is 0 Å². The van der Waals surface area contributed by atoms with Crippen LogP contribution in [0, 0.1) is 4.77 Å². The molecule has 0 saturated carbocycles. The van der Waals surface area contributed by atoms with Gasteiger partial charge in [0, 0.05) is 6.54 Å². The molecule has 3 aromatic rings. The summed E-state index contributed by atoms with van der Waals surface area (Å²) >= 11 is 5.16. The summed E-state index contributed by atoms with van der Waals surface area (Å²) in [5.41, 5.74) is 5.08. The number of H-pyrrole nitrogens is 2. The Morgan fingerprint density at radius 2 is 1.71 bits per heavy atom. The molecule has 4 heteroatoms. The molecule has 1 aliphatic heterocycles. The number of rotatable bonds is 4. The second-order valence-corrected chi connectivity index (χ2v) is 7.14. The Morgan fingerprint density at radius 1 is 0.958 bits per heavy atom. The molecule has 0 radical (unpaired) electrons. The summed E-state index contributed by atoms with van der Waals surface area (Å²) < 4.78 is 0.699. The Morgan fingerprint density at radius 3 is 2.50 bits per heavy atom. The van der Waals surface area contributed by atoms with Crippen LogP contribution in [-0.4, -0.2) is 34.5 Å². The second-order valence-electron chi connectivity index (χ2n) is 6.74. The van der Waals surface area contributed by atoms with Crippen LogP contribution >= 0.6 is 12.2 Å². The van der Waals surface area contributed by atoms with E-state index in [0.717, 1.165) is 29.9 Å². The van der Waals surface area contributed by atoms with E-state index < -0.39 is 0 Å². The molecule has 0 aliphatic carbocycles. The number of hydrogen-bond donors (Lipinski definition) is 2. The van der Waals surface area contributed by atoms with Crippen molar-refractivity contribution in [2.45, 2.75) is 25.2 Å². The van der Waals surface area contributed by atoms with Gasteiger partial charge in [-0.2, -0.15) is 0 Å². The highest BCUT2D eigenvalue weighted by Gasteiger charge is 2.20. The highest BCUT2D eigenvalue weighted by Crippen LogP contribution is 2.27. The first-order valence-corrected chi connectivity index (χ1v) is 9.17. The zero-order chi connectivity index (χ0) is 16.4. The summed E-state index contributed by atoms with van der Waals surface area (Å²) in [7, 11) is 0. The van der Waals surface area contributed by atoms with Gasteiger partial charge in [0.15, 0.2) is 4.77 Å². The van der Waals surface area contributed by atoms with Crippen molar-refractivity contribution >= 4 is 23.3 Å². The maximum Gasteiger partial charge on any atom is 0.175 e. The minimum atomic E-state index is 0.699. The number of fused-ring (bicyclic) bond motifs is 1. The molecule has 1 fully saturated rings. The molecular weight excluding hydrogens is 314 g/mol. The van der Waals surface area contributed by atoms with E-state index in [4.69, 9.17) is 12.2 Å². The molecule has 3 nitrogen and oxygen atoms in total. The zero-order valence-electron chi connectivity index (χ0n) is 13.8. The Hall–Kier alpha value is -1.91. The van der Waals surface area contributed by atoms with Crippen LogP contribution in [0.4, 0.5) is 0 Å². The highest BCUT2D eigenvalue weighted by atomic mass is 32.1. The monoisotopic (exact) mass is 337 g/mol. The van der Waals surface area contributed by atoms with E-state index >= 15 is 0 Å². The maximum atomic E-state index is 5.16. The van der Waals surface area contributed by atoms with Crippen LogP contribution in [-0.2, 0) is 6.42 Å². The van der Waals surface area contributed by atoms with Crippen molar-refractivity contribution in [1.82, 2.24) is 14.9 Å². The van der Waals surface area contributed by atoms with E-state index in [1.54, 1.807) is 0 Å². The minimum absolute atomic E-state index is 0.699. The van der Waals surface area contributed by atoms with Crippen molar-refractivity contribution < 1.29 is 0 Å². The van der Waals surface area contributed by atoms with Gasteiger partial charge in [0.1, 0.15) is 0 Å². The number of nitrogens with one attached hydrogen (secondary N) is 2. The molecule has 0 unspecified atom stereocenters. The van der Waals surface area contributed by atoms with Gasteiger partial charge < -0.3 is 14.9 Å². The van der Waals surface area contributed by atoms with E-state index in [0.29, 0.717) is 4.77 Å². The quantitative estimate of drug-likeness (QED) is 0.680. The van der Waals surface area contributed by atoms with Gasteiger partial charge in [-0.15, -0.1) is 0 Å². The number of benzene rings is 2. The summed E-state index contributed by atoms with van der Waals surface area (Å²) in [4.78, 5) is 8.97. The molecule has 0 spiro atoms. The van der Waals surface area contributed by atoms with Crippen LogP contribution in [0.15, 0.2) is 48.5 Å². The standard InChI is InChI=1S/C20H23N3S/c24-20-21-18-7-6-15(14-19(18)22-20)8-11-23-12-9-17(10-13-23)16-4-2-1-3-5-16/h1-7,14,17H,8-13H2,(H2,21,22,24). The molecule has 0 atom stereocenters. The van der Waals surface area contributed by atoms with Crippen LogP contribution in [0.5, 0.6) is 0 Å². The van der Waals surface area contributed by atoms with Crippen molar-refractivity contribution in [2.75, 3.05) is 19.6 Å². The predicted molar refractivity (Wildman–Crippen MR) is 102 cm³/mol. The molecule has 0 amide bonds. The Labute approximate surface area is 147 Å².